The summed E-state index contributed by atoms with van der Waals surface area (Å²) in [5.74, 6) is -0.175. The number of esters is 1. The van der Waals surface area contributed by atoms with Gasteiger partial charge in [0.2, 0.25) is 0 Å². The maximum atomic E-state index is 11.3. The van der Waals surface area contributed by atoms with E-state index in [0.29, 0.717) is 6.61 Å². The van der Waals surface area contributed by atoms with Crippen LogP contribution in [0.3, 0.4) is 0 Å². The molecule has 0 N–H and O–H groups in total. The molecule has 0 unspecified atom stereocenters. The van der Waals surface area contributed by atoms with Crippen LogP contribution in [0, 0.1) is 6.92 Å². The van der Waals surface area contributed by atoms with Gasteiger partial charge in [0.15, 0.2) is 0 Å². The largest absolute Gasteiger partial charge is 0.457 e. The zero-order valence-corrected chi connectivity index (χ0v) is 8.59. The fraction of sp³-hybridized carbons (Fsp3) is 0.417. The smallest absolute Gasteiger partial charge is 0.338 e. The molecule has 1 heterocycles. The fourth-order valence-corrected chi connectivity index (χ4v) is 1.94. The Balaban J connectivity index is 2.47. The van der Waals surface area contributed by atoms with Crippen LogP contribution in [0.25, 0.3) is 0 Å². The van der Waals surface area contributed by atoms with Crippen LogP contribution in [0.15, 0.2) is 12.1 Å². The lowest BCUT2D eigenvalue weighted by atomic mass is 9.96. The first-order chi connectivity index (χ1) is 6.74. The molecule has 1 aromatic carbocycles. The van der Waals surface area contributed by atoms with Crippen molar-refractivity contribution in [1.29, 1.82) is 0 Å². The van der Waals surface area contributed by atoms with Gasteiger partial charge in [-0.15, -0.1) is 0 Å². The number of rotatable bonds is 2. The van der Waals surface area contributed by atoms with E-state index in [1.54, 1.807) is 0 Å². The van der Waals surface area contributed by atoms with E-state index >= 15 is 0 Å². The van der Waals surface area contributed by atoms with Crippen molar-refractivity contribution in [2.24, 2.45) is 0 Å². The molecule has 0 saturated carbocycles. The molecule has 0 saturated heterocycles. The molecular formula is C12H14O2. The second-order valence-corrected chi connectivity index (χ2v) is 3.70. The highest BCUT2D eigenvalue weighted by Crippen LogP contribution is 2.26. The second-order valence-electron chi connectivity index (χ2n) is 3.70. The van der Waals surface area contributed by atoms with Crippen molar-refractivity contribution in [3.63, 3.8) is 0 Å². The van der Waals surface area contributed by atoms with E-state index in [1.807, 2.05) is 12.1 Å². The molecule has 2 heteroatoms. The summed E-state index contributed by atoms with van der Waals surface area (Å²) in [5, 5.41) is 0. The predicted octanol–water partition coefficient (Wildman–Crippen LogP) is 2.62. The molecule has 1 aromatic rings. The quantitative estimate of drug-likeness (QED) is 0.670. The van der Waals surface area contributed by atoms with Gasteiger partial charge in [0.25, 0.3) is 0 Å². The first-order valence-corrected chi connectivity index (χ1v) is 5.02. The molecule has 2 rings (SSSR count). The van der Waals surface area contributed by atoms with Crippen LogP contribution >= 0.6 is 0 Å². The Labute approximate surface area is 83.9 Å². The minimum Gasteiger partial charge on any atom is -0.457 e. The summed E-state index contributed by atoms with van der Waals surface area (Å²) in [4.78, 5) is 11.3. The maximum Gasteiger partial charge on any atom is 0.338 e. The SMILES string of the molecule is CCCc1ccc2c(c1C)COC2=O. The molecule has 0 radical (unpaired) electrons. The number of hydrogen-bond donors (Lipinski definition) is 0. The molecule has 0 fully saturated rings. The van der Waals surface area contributed by atoms with Crippen LogP contribution in [0.1, 0.15) is 40.4 Å². The zero-order chi connectivity index (χ0) is 10.1. The Kier molecular flexibility index (Phi) is 2.28. The van der Waals surface area contributed by atoms with Gasteiger partial charge in [-0.3, -0.25) is 0 Å². The maximum absolute atomic E-state index is 11.3. The molecule has 0 amide bonds. The van der Waals surface area contributed by atoms with Gasteiger partial charge in [-0.1, -0.05) is 19.4 Å². The summed E-state index contributed by atoms with van der Waals surface area (Å²) in [6, 6.07) is 3.94. The first kappa shape index (κ1) is 9.25. The molecule has 0 aromatic heterocycles. The van der Waals surface area contributed by atoms with E-state index in [9.17, 15) is 4.79 Å². The third-order valence-corrected chi connectivity index (χ3v) is 2.80. The number of ether oxygens (including phenoxy) is 1. The topological polar surface area (TPSA) is 26.3 Å². The van der Waals surface area contributed by atoms with Crippen LogP contribution in [-0.2, 0) is 17.8 Å². The van der Waals surface area contributed by atoms with Crippen molar-refractivity contribution in [2.45, 2.75) is 33.3 Å². The van der Waals surface area contributed by atoms with E-state index in [-0.39, 0.29) is 5.97 Å². The van der Waals surface area contributed by atoms with E-state index in [4.69, 9.17) is 4.74 Å². The number of benzene rings is 1. The van der Waals surface area contributed by atoms with Gasteiger partial charge in [-0.25, -0.2) is 4.79 Å². The predicted molar refractivity (Wildman–Crippen MR) is 54.3 cm³/mol. The molecule has 0 bridgehead atoms. The van der Waals surface area contributed by atoms with Crippen LogP contribution in [0.5, 0.6) is 0 Å². The number of carbonyl (C=O) groups excluding carboxylic acids is 1. The summed E-state index contributed by atoms with van der Waals surface area (Å²) in [6.45, 7) is 4.69. The van der Waals surface area contributed by atoms with Gasteiger partial charge in [0.05, 0.1) is 5.56 Å². The van der Waals surface area contributed by atoms with Crippen molar-refractivity contribution < 1.29 is 9.53 Å². The Morgan fingerprint density at radius 2 is 2.21 bits per heavy atom. The standard InChI is InChI=1S/C12H14O2/c1-3-4-9-5-6-10-11(8(9)2)7-14-12(10)13/h5-6H,3-4,7H2,1-2H3. The summed E-state index contributed by atoms with van der Waals surface area (Å²) in [7, 11) is 0. The number of fused-ring (bicyclic) bond motifs is 1. The average Bonchev–Trinajstić information content (AvgIpc) is 2.54. The minimum atomic E-state index is -0.175. The fourth-order valence-electron chi connectivity index (χ4n) is 1.94. The van der Waals surface area contributed by atoms with Gasteiger partial charge in [-0.2, -0.15) is 0 Å². The molecule has 74 valence electrons. The summed E-state index contributed by atoms with van der Waals surface area (Å²) in [6.07, 6.45) is 2.21. The van der Waals surface area contributed by atoms with Crippen molar-refractivity contribution >= 4 is 5.97 Å². The van der Waals surface area contributed by atoms with Gasteiger partial charge >= 0.3 is 5.97 Å². The number of aryl methyl sites for hydroxylation is 1. The van der Waals surface area contributed by atoms with E-state index < -0.39 is 0 Å². The van der Waals surface area contributed by atoms with Crippen molar-refractivity contribution in [3.05, 3.63) is 34.4 Å². The van der Waals surface area contributed by atoms with Crippen LogP contribution in [-0.4, -0.2) is 5.97 Å². The van der Waals surface area contributed by atoms with Gasteiger partial charge in [0.1, 0.15) is 6.61 Å². The molecule has 0 atom stereocenters. The Bertz CT molecular complexity index is 380. The number of cyclic esters (lactones) is 1. The highest BCUT2D eigenvalue weighted by molar-refractivity contribution is 5.93. The monoisotopic (exact) mass is 190 g/mol. The minimum absolute atomic E-state index is 0.175. The van der Waals surface area contributed by atoms with Crippen LogP contribution in [0.4, 0.5) is 0 Å². The lowest BCUT2D eigenvalue weighted by molar-refractivity contribution is 0.0535. The molecule has 1 aliphatic rings. The third-order valence-electron chi connectivity index (χ3n) is 2.80. The average molecular weight is 190 g/mol. The van der Waals surface area contributed by atoms with Crippen LogP contribution in [0.2, 0.25) is 0 Å². The van der Waals surface area contributed by atoms with Gasteiger partial charge in [-0.05, 0) is 30.5 Å². The highest BCUT2D eigenvalue weighted by atomic mass is 16.5. The van der Waals surface area contributed by atoms with E-state index in [0.717, 1.165) is 24.0 Å². The summed E-state index contributed by atoms with van der Waals surface area (Å²) < 4.78 is 5.00. The van der Waals surface area contributed by atoms with Crippen molar-refractivity contribution in [1.82, 2.24) is 0 Å². The summed E-state index contributed by atoms with van der Waals surface area (Å²) >= 11 is 0. The molecule has 0 aliphatic carbocycles. The second kappa shape index (κ2) is 3.45. The lowest BCUT2D eigenvalue weighted by Crippen LogP contribution is -1.97. The third kappa shape index (κ3) is 1.31. The number of carbonyl (C=O) groups is 1. The number of hydrogen-bond acceptors (Lipinski definition) is 2. The lowest BCUT2D eigenvalue weighted by Gasteiger charge is -2.07. The van der Waals surface area contributed by atoms with E-state index in [1.165, 1.54) is 11.1 Å². The first-order valence-electron chi connectivity index (χ1n) is 5.02. The zero-order valence-electron chi connectivity index (χ0n) is 8.59. The molecular weight excluding hydrogens is 176 g/mol. The van der Waals surface area contributed by atoms with Gasteiger partial charge < -0.3 is 4.74 Å². The normalized spacial score (nSPS) is 14.0. The Morgan fingerprint density at radius 1 is 1.43 bits per heavy atom. The molecule has 14 heavy (non-hydrogen) atoms. The molecule has 2 nitrogen and oxygen atoms in total. The van der Waals surface area contributed by atoms with Crippen molar-refractivity contribution in [3.8, 4) is 0 Å². The Morgan fingerprint density at radius 3 is 2.93 bits per heavy atom. The molecule has 1 aliphatic heterocycles. The highest BCUT2D eigenvalue weighted by Gasteiger charge is 2.23. The van der Waals surface area contributed by atoms with Crippen LogP contribution < -0.4 is 0 Å². The Hall–Kier alpha value is -1.31. The molecule has 0 spiro atoms. The van der Waals surface area contributed by atoms with Gasteiger partial charge in [0, 0.05) is 5.56 Å². The van der Waals surface area contributed by atoms with Crippen molar-refractivity contribution in [2.75, 3.05) is 0 Å². The van der Waals surface area contributed by atoms with E-state index in [2.05, 4.69) is 13.8 Å². The summed E-state index contributed by atoms with van der Waals surface area (Å²) in [5.41, 5.74) is 4.41.